The van der Waals surface area contributed by atoms with E-state index in [1.165, 1.54) is 5.56 Å². The molecule has 0 atom stereocenters. The van der Waals surface area contributed by atoms with Gasteiger partial charge in [-0.05, 0) is 35.4 Å². The van der Waals surface area contributed by atoms with Crippen LogP contribution in [0.3, 0.4) is 0 Å². The summed E-state index contributed by atoms with van der Waals surface area (Å²) in [6.45, 7) is 4.63. The standard InChI is InChI=1S/C24H24N4O/c1-4-8-24(28-12-11-19(18-28)17-27-13-15-29-16-14-27)20(5-1)9-10-23-21-6-2-3-7-22(21)25-26-23/h1-12,18H,13-17H2,(H,25,26). The number of aromatic amines is 1. The summed E-state index contributed by atoms with van der Waals surface area (Å²) in [7, 11) is 0. The molecule has 1 fully saturated rings. The number of hydrogen-bond acceptors (Lipinski definition) is 3. The van der Waals surface area contributed by atoms with Gasteiger partial charge in [0.25, 0.3) is 0 Å². The summed E-state index contributed by atoms with van der Waals surface area (Å²) in [6.07, 6.45) is 8.59. The van der Waals surface area contributed by atoms with Crippen LogP contribution in [0.15, 0.2) is 67.0 Å². The number of hydrogen-bond donors (Lipinski definition) is 1. The second kappa shape index (κ2) is 8.07. The van der Waals surface area contributed by atoms with Crippen molar-refractivity contribution in [1.29, 1.82) is 0 Å². The van der Waals surface area contributed by atoms with Crippen LogP contribution < -0.4 is 0 Å². The minimum absolute atomic E-state index is 0.830. The van der Waals surface area contributed by atoms with Gasteiger partial charge in [-0.3, -0.25) is 10.00 Å². The van der Waals surface area contributed by atoms with Gasteiger partial charge in [-0.2, -0.15) is 5.10 Å². The summed E-state index contributed by atoms with van der Waals surface area (Å²) >= 11 is 0. The highest BCUT2D eigenvalue weighted by molar-refractivity contribution is 5.89. The van der Waals surface area contributed by atoms with Crippen LogP contribution in [0.4, 0.5) is 0 Å². The molecule has 1 aliphatic heterocycles. The molecule has 3 heterocycles. The first kappa shape index (κ1) is 17.9. The first-order chi connectivity index (χ1) is 14.4. The predicted octanol–water partition coefficient (Wildman–Crippen LogP) is 4.36. The van der Waals surface area contributed by atoms with E-state index in [4.69, 9.17) is 4.74 Å². The molecule has 0 unspecified atom stereocenters. The van der Waals surface area contributed by atoms with Crippen LogP contribution in [0.1, 0.15) is 16.8 Å². The summed E-state index contributed by atoms with van der Waals surface area (Å²) in [5.41, 5.74) is 5.66. The summed E-state index contributed by atoms with van der Waals surface area (Å²) in [5.74, 6) is 0. The molecule has 29 heavy (non-hydrogen) atoms. The molecule has 4 aromatic rings. The van der Waals surface area contributed by atoms with Gasteiger partial charge in [-0.15, -0.1) is 0 Å². The number of nitrogens with zero attached hydrogens (tertiary/aromatic N) is 3. The van der Waals surface area contributed by atoms with Gasteiger partial charge in [0.2, 0.25) is 0 Å². The van der Waals surface area contributed by atoms with E-state index in [1.807, 2.05) is 18.2 Å². The lowest BCUT2D eigenvalue weighted by Crippen LogP contribution is -2.35. The Balaban J connectivity index is 1.39. The van der Waals surface area contributed by atoms with Crippen molar-refractivity contribution in [2.45, 2.75) is 6.54 Å². The predicted molar refractivity (Wildman–Crippen MR) is 117 cm³/mol. The maximum Gasteiger partial charge on any atom is 0.0927 e. The van der Waals surface area contributed by atoms with E-state index in [9.17, 15) is 0 Å². The fourth-order valence-electron chi connectivity index (χ4n) is 3.85. The zero-order chi connectivity index (χ0) is 19.5. The third kappa shape index (κ3) is 3.88. The molecular formula is C24H24N4O. The van der Waals surface area contributed by atoms with Gasteiger partial charge in [0.05, 0.1) is 30.1 Å². The van der Waals surface area contributed by atoms with Crippen LogP contribution >= 0.6 is 0 Å². The van der Waals surface area contributed by atoms with Gasteiger partial charge >= 0.3 is 0 Å². The van der Waals surface area contributed by atoms with Crippen LogP contribution in [0.25, 0.3) is 28.7 Å². The van der Waals surface area contributed by atoms with Crippen molar-refractivity contribution < 1.29 is 4.74 Å². The second-order valence-corrected chi connectivity index (χ2v) is 7.36. The molecule has 0 radical (unpaired) electrons. The quantitative estimate of drug-likeness (QED) is 0.556. The average Bonchev–Trinajstić information content (AvgIpc) is 3.40. The summed E-state index contributed by atoms with van der Waals surface area (Å²) < 4.78 is 7.66. The van der Waals surface area contributed by atoms with Crippen molar-refractivity contribution in [3.8, 4) is 5.69 Å². The Kier molecular flexibility index (Phi) is 4.99. The van der Waals surface area contributed by atoms with Gasteiger partial charge in [0, 0.05) is 37.4 Å². The molecular weight excluding hydrogens is 360 g/mol. The Morgan fingerprint density at radius 2 is 1.79 bits per heavy atom. The highest BCUT2D eigenvalue weighted by atomic mass is 16.5. The first-order valence-corrected chi connectivity index (χ1v) is 10.0. The molecule has 0 bridgehead atoms. The van der Waals surface area contributed by atoms with Crippen LogP contribution in [0.5, 0.6) is 0 Å². The van der Waals surface area contributed by atoms with Crippen LogP contribution in [0, 0.1) is 0 Å². The summed E-state index contributed by atoms with van der Waals surface area (Å²) in [5, 5.41) is 8.67. The molecule has 1 saturated heterocycles. The maximum absolute atomic E-state index is 5.45. The zero-order valence-electron chi connectivity index (χ0n) is 16.3. The molecule has 5 rings (SSSR count). The molecule has 1 N–H and O–H groups in total. The van der Waals surface area contributed by atoms with Gasteiger partial charge in [0.1, 0.15) is 0 Å². The van der Waals surface area contributed by atoms with Crippen molar-refractivity contribution in [3.63, 3.8) is 0 Å². The first-order valence-electron chi connectivity index (χ1n) is 10.0. The number of rotatable bonds is 5. The highest BCUT2D eigenvalue weighted by Crippen LogP contribution is 2.22. The smallest absolute Gasteiger partial charge is 0.0927 e. The largest absolute Gasteiger partial charge is 0.379 e. The normalized spacial score (nSPS) is 15.4. The lowest BCUT2D eigenvalue weighted by molar-refractivity contribution is 0.0342. The number of nitrogens with one attached hydrogen (secondary N) is 1. The zero-order valence-corrected chi connectivity index (χ0v) is 16.3. The number of ether oxygens (including phenoxy) is 1. The molecule has 146 valence electrons. The van der Waals surface area contributed by atoms with E-state index in [0.717, 1.165) is 60.7 Å². The van der Waals surface area contributed by atoms with E-state index in [1.54, 1.807) is 0 Å². The summed E-state index contributed by atoms with van der Waals surface area (Å²) in [6, 6.07) is 18.9. The lowest BCUT2D eigenvalue weighted by Gasteiger charge is -2.26. The highest BCUT2D eigenvalue weighted by Gasteiger charge is 2.12. The van der Waals surface area contributed by atoms with Gasteiger partial charge < -0.3 is 9.30 Å². The summed E-state index contributed by atoms with van der Waals surface area (Å²) in [4.78, 5) is 2.44. The second-order valence-electron chi connectivity index (χ2n) is 7.36. The Bertz CT molecular complexity index is 1130. The van der Waals surface area contributed by atoms with Crippen molar-refractivity contribution in [1.82, 2.24) is 19.7 Å². The Morgan fingerprint density at radius 1 is 0.966 bits per heavy atom. The van der Waals surface area contributed by atoms with Crippen molar-refractivity contribution >= 4 is 23.1 Å². The number of H-pyrrole nitrogens is 1. The number of para-hydroxylation sites is 2. The molecule has 5 nitrogen and oxygen atoms in total. The van der Waals surface area contributed by atoms with Gasteiger partial charge in [-0.1, -0.05) is 42.5 Å². The van der Waals surface area contributed by atoms with Crippen molar-refractivity contribution in [2.75, 3.05) is 26.3 Å². The number of aromatic nitrogens is 3. The molecule has 0 saturated carbocycles. The topological polar surface area (TPSA) is 46.1 Å². The molecule has 0 aliphatic carbocycles. The number of fused-ring (bicyclic) bond motifs is 1. The molecule has 2 aromatic carbocycles. The Morgan fingerprint density at radius 3 is 2.72 bits per heavy atom. The van der Waals surface area contributed by atoms with Crippen LogP contribution in [-0.2, 0) is 11.3 Å². The SMILES string of the molecule is C(=Cc1n[nH]c2ccccc12)c1ccccc1-n1ccc(CN2CCOCC2)c1. The molecule has 0 spiro atoms. The van der Waals surface area contributed by atoms with Crippen molar-refractivity contribution in [3.05, 3.63) is 83.8 Å². The molecule has 5 heteroatoms. The minimum Gasteiger partial charge on any atom is -0.379 e. The van der Waals surface area contributed by atoms with Crippen LogP contribution in [0.2, 0.25) is 0 Å². The van der Waals surface area contributed by atoms with E-state index < -0.39 is 0 Å². The van der Waals surface area contributed by atoms with Gasteiger partial charge in [-0.25, -0.2) is 0 Å². The lowest BCUT2D eigenvalue weighted by atomic mass is 10.1. The number of benzene rings is 2. The monoisotopic (exact) mass is 384 g/mol. The third-order valence-corrected chi connectivity index (χ3v) is 5.40. The fraction of sp³-hybridized carbons (Fsp3) is 0.208. The average molecular weight is 384 g/mol. The van der Waals surface area contributed by atoms with Crippen molar-refractivity contribution in [2.24, 2.45) is 0 Å². The van der Waals surface area contributed by atoms with E-state index in [0.29, 0.717) is 0 Å². The van der Waals surface area contributed by atoms with Gasteiger partial charge in [0.15, 0.2) is 0 Å². The Labute approximate surface area is 170 Å². The molecule has 2 aromatic heterocycles. The van der Waals surface area contributed by atoms with Crippen LogP contribution in [-0.4, -0.2) is 46.0 Å². The minimum atomic E-state index is 0.830. The van der Waals surface area contributed by atoms with E-state index >= 15 is 0 Å². The fourth-order valence-corrected chi connectivity index (χ4v) is 3.85. The Hall–Kier alpha value is -3.15. The third-order valence-electron chi connectivity index (χ3n) is 5.40. The maximum atomic E-state index is 5.45. The van der Waals surface area contributed by atoms with E-state index in [2.05, 4.69) is 80.6 Å². The molecule has 1 aliphatic rings. The molecule has 0 amide bonds. The number of morpholine rings is 1. The van der Waals surface area contributed by atoms with E-state index in [-0.39, 0.29) is 0 Å².